The van der Waals surface area contributed by atoms with E-state index in [1.807, 2.05) is 109 Å². The molecule has 0 atom stereocenters. The molecule has 0 aliphatic carbocycles. The lowest BCUT2D eigenvalue weighted by molar-refractivity contribution is 0.670. The first-order valence-electron chi connectivity index (χ1n) is 21.0. The molecule has 2 aromatic heterocycles. The Bertz CT molecular complexity index is 3180. The fourth-order valence-electron chi connectivity index (χ4n) is 5.71. The van der Waals surface area contributed by atoms with E-state index in [0.29, 0.717) is 11.1 Å². The van der Waals surface area contributed by atoms with Crippen LogP contribution in [0.25, 0.3) is 89.5 Å². The molecule has 2 heterocycles. The van der Waals surface area contributed by atoms with Crippen LogP contribution in [0.1, 0.15) is 15.1 Å². The highest BCUT2D eigenvalue weighted by atomic mass is 16.3. The van der Waals surface area contributed by atoms with Crippen molar-refractivity contribution in [3.05, 3.63) is 176 Å². The SMILES string of the molecule is [2H]c1c([2H])c(-c2c([2H])c([2H])c([2H])c3c2oc2c([2H])c([2H])c([2H])c([2H])c23)c([2H])c([2H])c1-c1nc(-c2ccc(-c3ccccc3)cc2)nc(-c2cccc(-c3ccccc3)c2)n1. The summed E-state index contributed by atoms with van der Waals surface area (Å²) >= 11 is 0. The van der Waals surface area contributed by atoms with Crippen LogP contribution in [-0.2, 0) is 0 Å². The molecule has 0 saturated carbocycles. The van der Waals surface area contributed by atoms with Gasteiger partial charge in [-0.25, -0.2) is 15.0 Å². The second-order valence-electron chi connectivity index (χ2n) is 11.2. The summed E-state index contributed by atoms with van der Waals surface area (Å²) in [4.78, 5) is 14.3. The molecule has 0 aliphatic rings. The van der Waals surface area contributed by atoms with Gasteiger partial charge in [-0.1, -0.05) is 164 Å². The smallest absolute Gasteiger partial charge is 0.164 e. The van der Waals surface area contributed by atoms with Gasteiger partial charge < -0.3 is 4.42 Å². The van der Waals surface area contributed by atoms with Crippen LogP contribution >= 0.6 is 0 Å². The number of aromatic nitrogens is 3. The predicted octanol–water partition coefficient (Wildman–Crippen LogP) is 11.8. The Labute approximate surface area is 299 Å². The molecule has 0 amide bonds. The van der Waals surface area contributed by atoms with Crippen LogP contribution in [0.15, 0.2) is 180 Å². The summed E-state index contributed by atoms with van der Waals surface area (Å²) in [7, 11) is 0. The summed E-state index contributed by atoms with van der Waals surface area (Å²) in [5.41, 5.74) is 3.31. The topological polar surface area (TPSA) is 51.8 Å². The Morgan fingerprint density at radius 3 is 1.65 bits per heavy atom. The van der Waals surface area contributed by atoms with Crippen LogP contribution in [0.5, 0.6) is 0 Å². The van der Waals surface area contributed by atoms with Crippen LogP contribution in [0.2, 0.25) is 0 Å². The van der Waals surface area contributed by atoms with Gasteiger partial charge in [0.05, 0.1) is 15.1 Å². The number of hydrogen-bond acceptors (Lipinski definition) is 4. The molecule has 0 unspecified atom stereocenters. The molecule has 0 fully saturated rings. The van der Waals surface area contributed by atoms with Crippen LogP contribution in [0, 0.1) is 0 Å². The second-order valence-corrected chi connectivity index (χ2v) is 11.2. The van der Waals surface area contributed by atoms with E-state index in [4.69, 9.17) is 29.0 Å². The van der Waals surface area contributed by atoms with E-state index in [-0.39, 0.29) is 50.5 Å². The highest BCUT2D eigenvalue weighted by molar-refractivity contribution is 6.09. The van der Waals surface area contributed by atoms with Crippen LogP contribution in [0.3, 0.4) is 0 Å². The molecule has 0 spiro atoms. The third-order valence-electron chi connectivity index (χ3n) is 8.15. The standard InChI is InChI=1S/C45H29N3O/c1-3-11-30(12-4-1)32-21-25-34(26-22-32)43-46-44(48-45(47-43)37-16-9-15-36(29-37)31-13-5-2-6-14-31)35-27-23-33(24-28-35)38-18-10-19-40-39-17-7-8-20-41(39)49-42(38)40/h1-29H/i7D,8D,10D,17D,18D,19D,20D,23D,24D,27D,28D. The minimum absolute atomic E-state index is 0.151. The number of para-hydroxylation sites is 2. The Hall–Kier alpha value is -6.65. The summed E-state index contributed by atoms with van der Waals surface area (Å²) < 4.78 is 103. The van der Waals surface area contributed by atoms with E-state index in [2.05, 4.69) is 0 Å². The van der Waals surface area contributed by atoms with Crippen molar-refractivity contribution < 1.29 is 19.5 Å². The average Bonchev–Trinajstić information content (AvgIpc) is 3.69. The van der Waals surface area contributed by atoms with Gasteiger partial charge in [-0.15, -0.1) is 0 Å². The first-order chi connectivity index (χ1) is 28.8. The van der Waals surface area contributed by atoms with Gasteiger partial charge in [0, 0.05) is 33.0 Å². The fourth-order valence-corrected chi connectivity index (χ4v) is 5.71. The first kappa shape index (κ1) is 19.2. The minimum atomic E-state index is -0.656. The van der Waals surface area contributed by atoms with Crippen molar-refractivity contribution in [1.82, 2.24) is 15.0 Å². The van der Waals surface area contributed by atoms with Crippen molar-refractivity contribution in [2.24, 2.45) is 0 Å². The summed E-state index contributed by atoms with van der Waals surface area (Å²) in [5, 5.41) is -0.405. The molecule has 0 radical (unpaired) electrons. The van der Waals surface area contributed by atoms with Crippen molar-refractivity contribution in [3.63, 3.8) is 0 Å². The van der Waals surface area contributed by atoms with E-state index in [9.17, 15) is 5.48 Å². The Kier molecular flexibility index (Phi) is 4.78. The van der Waals surface area contributed by atoms with Gasteiger partial charge in [-0.2, -0.15) is 0 Å². The number of hydrogen-bond donors (Lipinski definition) is 0. The van der Waals surface area contributed by atoms with Gasteiger partial charge in [0.25, 0.3) is 0 Å². The van der Waals surface area contributed by atoms with E-state index < -0.39 is 72.0 Å². The van der Waals surface area contributed by atoms with Crippen molar-refractivity contribution in [1.29, 1.82) is 0 Å². The van der Waals surface area contributed by atoms with E-state index in [1.165, 1.54) is 0 Å². The molecule has 4 heteroatoms. The van der Waals surface area contributed by atoms with E-state index in [0.717, 1.165) is 22.3 Å². The Balaban J connectivity index is 1.27. The lowest BCUT2D eigenvalue weighted by atomic mass is 10.0. The van der Waals surface area contributed by atoms with E-state index >= 15 is 0 Å². The summed E-state index contributed by atoms with van der Waals surface area (Å²) in [6, 6.07) is 28.2. The van der Waals surface area contributed by atoms with E-state index in [1.54, 1.807) is 0 Å². The Morgan fingerprint density at radius 1 is 0.388 bits per heavy atom. The highest BCUT2D eigenvalue weighted by Gasteiger charge is 2.15. The fraction of sp³-hybridized carbons (Fsp3) is 0. The summed E-state index contributed by atoms with van der Waals surface area (Å²) in [5.74, 6) is 0.271. The minimum Gasteiger partial charge on any atom is -0.455 e. The predicted molar refractivity (Wildman–Crippen MR) is 200 cm³/mol. The molecule has 0 N–H and O–H groups in total. The normalized spacial score (nSPS) is 14.4. The number of nitrogens with zero attached hydrogens (tertiary/aromatic N) is 3. The number of furan rings is 1. The zero-order valence-electron chi connectivity index (χ0n) is 36.6. The Morgan fingerprint density at radius 2 is 0.918 bits per heavy atom. The molecule has 230 valence electrons. The maximum atomic E-state index is 9.31. The van der Waals surface area contributed by atoms with Crippen LogP contribution < -0.4 is 0 Å². The lowest BCUT2D eigenvalue weighted by Gasteiger charge is -2.11. The third-order valence-corrected chi connectivity index (χ3v) is 8.15. The monoisotopic (exact) mass is 638 g/mol. The van der Waals surface area contributed by atoms with Gasteiger partial charge in [-0.3, -0.25) is 0 Å². The highest BCUT2D eigenvalue weighted by Crippen LogP contribution is 2.36. The maximum Gasteiger partial charge on any atom is 0.164 e. The van der Waals surface area contributed by atoms with Gasteiger partial charge in [0.15, 0.2) is 17.5 Å². The molecule has 9 aromatic rings. The molecule has 0 aliphatic heterocycles. The zero-order valence-corrected chi connectivity index (χ0v) is 25.6. The lowest BCUT2D eigenvalue weighted by Crippen LogP contribution is -2.00. The quantitative estimate of drug-likeness (QED) is 0.182. The molecule has 4 nitrogen and oxygen atoms in total. The molecule has 0 saturated heterocycles. The number of rotatable bonds is 6. The van der Waals surface area contributed by atoms with Crippen molar-refractivity contribution in [3.8, 4) is 67.5 Å². The van der Waals surface area contributed by atoms with Crippen LogP contribution in [-0.4, -0.2) is 15.0 Å². The molecule has 49 heavy (non-hydrogen) atoms. The molecule has 7 aromatic carbocycles. The van der Waals surface area contributed by atoms with Gasteiger partial charge >= 0.3 is 0 Å². The van der Waals surface area contributed by atoms with Gasteiger partial charge in [0.1, 0.15) is 11.2 Å². The van der Waals surface area contributed by atoms with Crippen molar-refractivity contribution in [2.75, 3.05) is 0 Å². The number of fused-ring (bicyclic) bond motifs is 3. The van der Waals surface area contributed by atoms with Crippen molar-refractivity contribution >= 4 is 21.9 Å². The molecule has 0 bridgehead atoms. The molecular formula is C45H29N3O. The molecule has 9 rings (SSSR count). The second kappa shape index (κ2) is 12.2. The van der Waals surface area contributed by atoms with Crippen molar-refractivity contribution in [2.45, 2.75) is 0 Å². The largest absolute Gasteiger partial charge is 0.455 e. The average molecular weight is 639 g/mol. The third kappa shape index (κ3) is 5.45. The van der Waals surface area contributed by atoms with Gasteiger partial charge in [-0.05, 0) is 39.9 Å². The summed E-state index contributed by atoms with van der Waals surface area (Å²) in [6.45, 7) is 0. The first-order valence-corrected chi connectivity index (χ1v) is 15.5. The summed E-state index contributed by atoms with van der Waals surface area (Å²) in [6.07, 6.45) is 0. The maximum absolute atomic E-state index is 9.31. The van der Waals surface area contributed by atoms with Gasteiger partial charge in [0.2, 0.25) is 0 Å². The van der Waals surface area contributed by atoms with Crippen LogP contribution in [0.4, 0.5) is 0 Å². The zero-order chi connectivity index (χ0) is 42.1. The number of benzene rings is 7. The molecular weight excluding hydrogens is 599 g/mol.